The first-order chi connectivity index (χ1) is 10.3. The second-order valence-electron chi connectivity index (χ2n) is 5.49. The van der Waals surface area contributed by atoms with Crippen molar-refractivity contribution in [2.75, 3.05) is 13.1 Å². The molecule has 1 amide bonds. The van der Waals surface area contributed by atoms with Crippen LogP contribution in [0.15, 0.2) is 12.1 Å². The summed E-state index contributed by atoms with van der Waals surface area (Å²) in [5.41, 5.74) is 6.74. The van der Waals surface area contributed by atoms with Gasteiger partial charge in [0.15, 0.2) is 5.82 Å². The van der Waals surface area contributed by atoms with Crippen LogP contribution in [0.1, 0.15) is 16.1 Å². The number of amides is 1. The number of β-amino-alcohol motifs (C(OH)–C–C–N with tert-alkyl or cyclic N) is 1. The summed E-state index contributed by atoms with van der Waals surface area (Å²) in [5.74, 6) is -0.722. The Labute approximate surface area is 145 Å². The Hall–Kier alpha value is -0.900. The molecule has 118 valence electrons. The molecule has 1 fully saturated rings. The summed E-state index contributed by atoms with van der Waals surface area (Å²) in [6.45, 7) is 2.05. The fourth-order valence-corrected chi connectivity index (χ4v) is 3.68. The second-order valence-corrected chi connectivity index (χ2v) is 6.86. The molecule has 1 aromatic carbocycles. The summed E-state index contributed by atoms with van der Waals surface area (Å²) < 4.78 is 15.9. The molecular weight excluding hydrogens is 424 g/mol. The van der Waals surface area contributed by atoms with Crippen molar-refractivity contribution in [2.24, 2.45) is 5.73 Å². The summed E-state index contributed by atoms with van der Waals surface area (Å²) >= 11 is 7.90. The zero-order valence-electron chi connectivity index (χ0n) is 11.7. The molecule has 2 atom stereocenters. The lowest BCUT2D eigenvalue weighted by molar-refractivity contribution is 0.0759. The van der Waals surface area contributed by atoms with Gasteiger partial charge >= 0.3 is 0 Å². The fraction of sp³-hybridized carbons (Fsp3) is 0.357. The van der Waals surface area contributed by atoms with Gasteiger partial charge in [-0.25, -0.2) is 4.39 Å². The number of nitrogens with two attached hydrogens (primary N) is 1. The molecule has 0 spiro atoms. The molecule has 1 saturated heterocycles. The van der Waals surface area contributed by atoms with E-state index in [0.717, 1.165) is 0 Å². The van der Waals surface area contributed by atoms with Gasteiger partial charge in [-0.1, -0.05) is 11.6 Å². The number of carbonyl (C=O) groups is 1. The Morgan fingerprint density at radius 1 is 1.50 bits per heavy atom. The minimum atomic E-state index is -0.732. The van der Waals surface area contributed by atoms with Crippen molar-refractivity contribution >= 4 is 51.3 Å². The Kier molecular flexibility index (Phi) is 4.09. The van der Waals surface area contributed by atoms with Crippen molar-refractivity contribution in [3.8, 4) is 0 Å². The molecule has 22 heavy (non-hydrogen) atoms. The molecule has 2 heterocycles. The molecule has 1 aliphatic rings. The summed E-state index contributed by atoms with van der Waals surface area (Å²) in [5, 5.41) is 10.6. The summed E-state index contributed by atoms with van der Waals surface area (Å²) in [4.78, 5) is 14.1. The predicted octanol–water partition coefficient (Wildman–Crippen LogP) is 2.08. The lowest BCUT2D eigenvalue weighted by atomic mass is 10.1. The highest BCUT2D eigenvalue weighted by molar-refractivity contribution is 14.1. The van der Waals surface area contributed by atoms with E-state index < -0.39 is 18.0 Å². The van der Waals surface area contributed by atoms with Crippen LogP contribution in [0.2, 0.25) is 5.02 Å². The molecule has 5 nitrogen and oxygen atoms in total. The highest BCUT2D eigenvalue weighted by Gasteiger charge is 2.33. The van der Waals surface area contributed by atoms with Crippen LogP contribution in [0.25, 0.3) is 10.9 Å². The largest absolute Gasteiger partial charge is 0.390 e. The first-order valence-electron chi connectivity index (χ1n) is 6.70. The normalized spacial score (nSPS) is 21.8. The quantitative estimate of drug-likeness (QED) is 0.671. The van der Waals surface area contributed by atoms with E-state index in [1.54, 1.807) is 19.1 Å². The van der Waals surface area contributed by atoms with Crippen molar-refractivity contribution in [3.05, 3.63) is 34.2 Å². The molecule has 0 saturated carbocycles. The molecule has 8 heteroatoms. The summed E-state index contributed by atoms with van der Waals surface area (Å²) in [6, 6.07) is 2.80. The van der Waals surface area contributed by atoms with E-state index in [9.17, 15) is 14.3 Å². The number of halogens is 3. The third-order valence-corrected chi connectivity index (χ3v) is 5.39. The van der Waals surface area contributed by atoms with Gasteiger partial charge in [0.2, 0.25) is 0 Å². The van der Waals surface area contributed by atoms with Gasteiger partial charge in [0.05, 0.1) is 34.5 Å². The SMILES string of the molecule is Cc1c(Cl)cc2cc(C(=O)N3C[C@@H](O)[C@@H](N)C3)n(I)c2c1F. The second kappa shape index (κ2) is 5.63. The van der Waals surface area contributed by atoms with Gasteiger partial charge in [0, 0.05) is 35.1 Å². The van der Waals surface area contributed by atoms with Gasteiger partial charge in [0.1, 0.15) is 5.69 Å². The van der Waals surface area contributed by atoms with Crippen LogP contribution < -0.4 is 5.73 Å². The van der Waals surface area contributed by atoms with Crippen LogP contribution in [0, 0.1) is 12.7 Å². The summed E-state index contributed by atoms with van der Waals surface area (Å²) in [6.07, 6.45) is -0.732. The van der Waals surface area contributed by atoms with Gasteiger partial charge in [-0.2, -0.15) is 0 Å². The smallest absolute Gasteiger partial charge is 0.271 e. The molecule has 1 aliphatic heterocycles. The van der Waals surface area contributed by atoms with Crippen LogP contribution in [0.5, 0.6) is 0 Å². The van der Waals surface area contributed by atoms with E-state index in [1.165, 1.54) is 7.68 Å². The molecule has 0 aliphatic carbocycles. The number of nitrogens with zero attached hydrogens (tertiary/aromatic N) is 2. The maximum atomic E-state index is 14.4. The minimum Gasteiger partial charge on any atom is -0.390 e. The van der Waals surface area contributed by atoms with E-state index >= 15 is 0 Å². The third-order valence-electron chi connectivity index (χ3n) is 3.99. The van der Waals surface area contributed by atoms with Crippen LogP contribution in [-0.2, 0) is 0 Å². The number of hydrogen-bond acceptors (Lipinski definition) is 3. The molecule has 3 rings (SSSR count). The van der Waals surface area contributed by atoms with Crippen LogP contribution in [0.3, 0.4) is 0 Å². The number of fused-ring (bicyclic) bond motifs is 1. The average Bonchev–Trinajstić information content (AvgIpc) is 2.97. The van der Waals surface area contributed by atoms with Gasteiger partial charge < -0.3 is 15.7 Å². The van der Waals surface area contributed by atoms with Gasteiger partial charge in [-0.05, 0) is 19.1 Å². The van der Waals surface area contributed by atoms with E-state index in [4.69, 9.17) is 17.3 Å². The van der Waals surface area contributed by atoms with Gasteiger partial charge in [-0.15, -0.1) is 0 Å². The van der Waals surface area contributed by atoms with Gasteiger partial charge in [0.25, 0.3) is 5.91 Å². The number of likely N-dealkylation sites (tertiary alicyclic amines) is 1. The number of carbonyl (C=O) groups excluding carboxylic acids is 1. The molecular formula is C14H14ClFIN3O2. The van der Waals surface area contributed by atoms with E-state index in [2.05, 4.69) is 0 Å². The number of aliphatic hydroxyl groups is 1. The molecule has 3 N–H and O–H groups in total. The molecule has 0 unspecified atom stereocenters. The number of aliphatic hydroxyl groups excluding tert-OH is 1. The average molecular weight is 438 g/mol. The zero-order chi connectivity index (χ0) is 16.2. The Morgan fingerprint density at radius 3 is 2.77 bits per heavy atom. The van der Waals surface area contributed by atoms with E-state index in [0.29, 0.717) is 27.2 Å². The maximum Gasteiger partial charge on any atom is 0.271 e. The van der Waals surface area contributed by atoms with E-state index in [1.807, 2.05) is 22.9 Å². The zero-order valence-corrected chi connectivity index (χ0v) is 14.6. The van der Waals surface area contributed by atoms with Crippen LogP contribution >= 0.6 is 34.5 Å². The van der Waals surface area contributed by atoms with Crippen molar-refractivity contribution in [1.82, 2.24) is 7.68 Å². The number of aromatic nitrogens is 1. The highest BCUT2D eigenvalue weighted by atomic mass is 127. The summed E-state index contributed by atoms with van der Waals surface area (Å²) in [7, 11) is 0. The number of hydrogen-bond donors (Lipinski definition) is 2. The topological polar surface area (TPSA) is 71.5 Å². The van der Waals surface area contributed by atoms with Crippen molar-refractivity contribution in [2.45, 2.75) is 19.1 Å². The first-order valence-corrected chi connectivity index (χ1v) is 8.04. The molecule has 1 aromatic heterocycles. The third kappa shape index (κ3) is 2.40. The Morgan fingerprint density at radius 2 is 2.18 bits per heavy atom. The first kappa shape index (κ1) is 16.0. The van der Waals surface area contributed by atoms with Crippen molar-refractivity contribution in [3.63, 3.8) is 0 Å². The molecule has 2 aromatic rings. The standard InChI is InChI=1S/C14H14ClFIN3O2/c1-6-8(15)2-7-3-10(20(17)13(7)12(6)16)14(22)19-4-9(18)11(21)5-19/h2-3,9,11,21H,4-5,18H2,1H3/t9-,11+/m0/s1. The lowest BCUT2D eigenvalue weighted by Crippen LogP contribution is -2.33. The van der Waals surface area contributed by atoms with Crippen molar-refractivity contribution < 1.29 is 14.3 Å². The maximum absolute atomic E-state index is 14.4. The van der Waals surface area contributed by atoms with Gasteiger partial charge in [-0.3, -0.25) is 7.58 Å². The molecule has 0 bridgehead atoms. The number of rotatable bonds is 1. The van der Waals surface area contributed by atoms with Crippen LogP contribution in [0.4, 0.5) is 4.39 Å². The molecule has 0 radical (unpaired) electrons. The lowest BCUT2D eigenvalue weighted by Gasteiger charge is -2.15. The highest BCUT2D eigenvalue weighted by Crippen LogP contribution is 2.32. The fourth-order valence-electron chi connectivity index (χ4n) is 2.64. The monoisotopic (exact) mass is 437 g/mol. The minimum absolute atomic E-state index is 0.181. The Balaban J connectivity index is 2.07. The van der Waals surface area contributed by atoms with E-state index in [-0.39, 0.29) is 19.0 Å². The van der Waals surface area contributed by atoms with Crippen molar-refractivity contribution in [1.29, 1.82) is 0 Å². The Bertz CT molecular complexity index is 769. The number of benzene rings is 1. The predicted molar refractivity (Wildman–Crippen MR) is 90.9 cm³/mol. The van der Waals surface area contributed by atoms with Crippen LogP contribution in [-0.4, -0.2) is 43.9 Å².